The minimum Gasteiger partial charge on any atom is -0.253 e. The summed E-state index contributed by atoms with van der Waals surface area (Å²) in [6.07, 6.45) is 3.48. The molecule has 6 rings (SSSR count). The van der Waals surface area contributed by atoms with Crippen LogP contribution < -0.4 is 0 Å². The molecule has 0 saturated heterocycles. The maximum atomic E-state index is 4.78. The predicted molar refractivity (Wildman–Crippen MR) is 139 cm³/mol. The molecule has 5 nitrogen and oxygen atoms in total. The topological polar surface area (TPSA) is 64.5 Å². The van der Waals surface area contributed by atoms with Gasteiger partial charge in [0.2, 0.25) is 0 Å². The average molecular weight is 452 g/mol. The number of rotatable bonds is 4. The van der Waals surface area contributed by atoms with Gasteiger partial charge in [0.1, 0.15) is 11.4 Å². The van der Waals surface area contributed by atoms with Crippen LogP contribution in [0.5, 0.6) is 0 Å². The van der Waals surface area contributed by atoms with Crippen molar-refractivity contribution in [1.82, 2.24) is 24.9 Å². The van der Waals surface area contributed by atoms with Gasteiger partial charge in [-0.25, -0.2) is 15.0 Å². The average Bonchev–Trinajstić information content (AvgIpc) is 2.93. The first-order valence-electron chi connectivity index (χ1n) is 11.4. The largest absolute Gasteiger partial charge is 0.253 e. The normalized spacial score (nSPS) is 11.0. The summed E-state index contributed by atoms with van der Waals surface area (Å²) in [5.41, 5.74) is 5.86. The van der Waals surface area contributed by atoms with Crippen LogP contribution in [0.4, 0.5) is 0 Å². The Kier molecular flexibility index (Phi) is 5.28. The Morgan fingerprint density at radius 2 is 1.14 bits per heavy atom. The van der Waals surface area contributed by atoms with Crippen molar-refractivity contribution in [3.63, 3.8) is 0 Å². The van der Waals surface area contributed by atoms with E-state index >= 15 is 0 Å². The van der Waals surface area contributed by atoms with Crippen LogP contribution >= 0.6 is 0 Å². The first kappa shape index (κ1) is 20.8. The van der Waals surface area contributed by atoms with Crippen molar-refractivity contribution in [2.24, 2.45) is 0 Å². The lowest BCUT2D eigenvalue weighted by Gasteiger charge is -2.12. The number of aromatic nitrogens is 5. The molecule has 0 aliphatic heterocycles. The molecule has 0 aliphatic carbocycles. The van der Waals surface area contributed by atoms with Crippen LogP contribution in [0.2, 0.25) is 0 Å². The van der Waals surface area contributed by atoms with Crippen LogP contribution in [0.15, 0.2) is 109 Å². The number of benzene rings is 3. The van der Waals surface area contributed by atoms with Crippen molar-refractivity contribution >= 4 is 10.8 Å². The highest BCUT2D eigenvalue weighted by atomic mass is 15.1. The van der Waals surface area contributed by atoms with Crippen molar-refractivity contribution in [1.29, 1.82) is 0 Å². The monoisotopic (exact) mass is 451 g/mol. The Balaban J connectivity index is 1.49. The van der Waals surface area contributed by atoms with E-state index in [0.29, 0.717) is 28.9 Å². The van der Waals surface area contributed by atoms with Crippen LogP contribution in [0.25, 0.3) is 56.3 Å². The molecule has 0 N–H and O–H groups in total. The molecule has 3 aromatic carbocycles. The van der Waals surface area contributed by atoms with E-state index in [1.54, 1.807) is 12.4 Å². The lowest BCUT2D eigenvalue weighted by molar-refractivity contribution is 1.05. The molecule has 0 unspecified atom stereocenters. The zero-order chi connectivity index (χ0) is 23.6. The fourth-order valence-corrected chi connectivity index (χ4v) is 4.29. The standard InChI is InChI=1S/C30H21N5/c1-20-19-22(15-16-23(20)25-12-8-10-21-9-2-3-11-24(21)25)28-33-29(26-13-4-6-17-31-26)35-30(34-28)27-14-5-7-18-32-27/h2-19H,1H3. The smallest absolute Gasteiger partial charge is 0.182 e. The molecule has 0 spiro atoms. The molecule has 166 valence electrons. The van der Waals surface area contributed by atoms with Crippen molar-refractivity contribution in [3.8, 4) is 45.6 Å². The lowest BCUT2D eigenvalue weighted by Crippen LogP contribution is -2.02. The minimum absolute atomic E-state index is 0.520. The zero-order valence-corrected chi connectivity index (χ0v) is 19.1. The Morgan fingerprint density at radius 1 is 0.514 bits per heavy atom. The molecule has 0 aliphatic rings. The van der Waals surface area contributed by atoms with E-state index < -0.39 is 0 Å². The predicted octanol–water partition coefficient (Wildman–Crippen LogP) is 6.79. The van der Waals surface area contributed by atoms with Gasteiger partial charge in [-0.1, -0.05) is 66.7 Å². The van der Waals surface area contributed by atoms with Gasteiger partial charge < -0.3 is 0 Å². The van der Waals surface area contributed by atoms with E-state index in [2.05, 4.69) is 82.5 Å². The molecule has 35 heavy (non-hydrogen) atoms. The maximum absolute atomic E-state index is 4.78. The quantitative estimate of drug-likeness (QED) is 0.295. The number of hydrogen-bond donors (Lipinski definition) is 0. The van der Waals surface area contributed by atoms with Crippen LogP contribution in [-0.2, 0) is 0 Å². The van der Waals surface area contributed by atoms with Crippen LogP contribution in [0.3, 0.4) is 0 Å². The van der Waals surface area contributed by atoms with Crippen molar-refractivity contribution in [2.45, 2.75) is 6.92 Å². The molecule has 0 atom stereocenters. The zero-order valence-electron chi connectivity index (χ0n) is 19.1. The van der Waals surface area contributed by atoms with Gasteiger partial charge in [0.15, 0.2) is 17.5 Å². The summed E-state index contributed by atoms with van der Waals surface area (Å²) in [5.74, 6) is 1.63. The third-order valence-corrected chi connectivity index (χ3v) is 5.99. The van der Waals surface area contributed by atoms with Crippen molar-refractivity contribution in [3.05, 3.63) is 115 Å². The molecule has 3 aromatic heterocycles. The molecule has 0 bridgehead atoms. The number of hydrogen-bond acceptors (Lipinski definition) is 5. The number of pyridine rings is 2. The summed E-state index contributed by atoms with van der Waals surface area (Å²) in [5, 5.41) is 2.46. The number of aryl methyl sites for hydroxylation is 1. The van der Waals surface area contributed by atoms with Crippen molar-refractivity contribution < 1.29 is 0 Å². The van der Waals surface area contributed by atoms with Gasteiger partial charge in [-0.2, -0.15) is 0 Å². The van der Waals surface area contributed by atoms with E-state index in [-0.39, 0.29) is 0 Å². The van der Waals surface area contributed by atoms with E-state index in [4.69, 9.17) is 9.97 Å². The van der Waals surface area contributed by atoms with Gasteiger partial charge in [0, 0.05) is 18.0 Å². The Labute approximate surface area is 203 Å². The van der Waals surface area contributed by atoms with E-state index in [1.165, 1.54) is 21.9 Å². The third kappa shape index (κ3) is 4.04. The summed E-state index contributed by atoms with van der Waals surface area (Å²) in [6, 6.07) is 32.6. The highest BCUT2D eigenvalue weighted by Crippen LogP contribution is 2.33. The van der Waals surface area contributed by atoms with Gasteiger partial charge in [-0.05, 0) is 64.7 Å². The Morgan fingerprint density at radius 3 is 1.80 bits per heavy atom. The fourth-order valence-electron chi connectivity index (χ4n) is 4.29. The molecule has 5 heteroatoms. The SMILES string of the molecule is Cc1cc(-c2nc(-c3ccccn3)nc(-c3ccccn3)n2)ccc1-c1cccc2ccccc12. The summed E-state index contributed by atoms with van der Waals surface area (Å²) >= 11 is 0. The van der Waals surface area contributed by atoms with Gasteiger partial charge in [-0.3, -0.25) is 9.97 Å². The molecular formula is C30H21N5. The highest BCUT2D eigenvalue weighted by molar-refractivity contribution is 5.97. The van der Waals surface area contributed by atoms with Gasteiger partial charge in [0.05, 0.1) is 0 Å². The molecule has 6 aromatic rings. The van der Waals surface area contributed by atoms with E-state index in [0.717, 1.165) is 11.1 Å². The van der Waals surface area contributed by atoms with Crippen LogP contribution in [0, 0.1) is 6.92 Å². The second-order valence-corrected chi connectivity index (χ2v) is 8.29. The fraction of sp³-hybridized carbons (Fsp3) is 0.0333. The minimum atomic E-state index is 0.520. The summed E-state index contributed by atoms with van der Waals surface area (Å²) < 4.78 is 0. The number of nitrogens with zero attached hydrogens (tertiary/aromatic N) is 5. The molecule has 0 saturated carbocycles. The highest BCUT2D eigenvalue weighted by Gasteiger charge is 2.15. The molecule has 0 fully saturated rings. The second kappa shape index (κ2) is 8.88. The number of fused-ring (bicyclic) bond motifs is 1. The Hall–Kier alpha value is -4.77. The third-order valence-electron chi connectivity index (χ3n) is 5.99. The summed E-state index contributed by atoms with van der Waals surface area (Å²) in [6.45, 7) is 2.13. The van der Waals surface area contributed by atoms with Gasteiger partial charge in [-0.15, -0.1) is 0 Å². The van der Waals surface area contributed by atoms with Crippen molar-refractivity contribution in [2.75, 3.05) is 0 Å². The summed E-state index contributed by atoms with van der Waals surface area (Å²) in [7, 11) is 0. The lowest BCUT2D eigenvalue weighted by atomic mass is 9.94. The van der Waals surface area contributed by atoms with Gasteiger partial charge >= 0.3 is 0 Å². The molecule has 0 radical (unpaired) electrons. The Bertz CT molecular complexity index is 1580. The van der Waals surface area contributed by atoms with Crippen LogP contribution in [0.1, 0.15) is 5.56 Å². The summed E-state index contributed by atoms with van der Waals surface area (Å²) in [4.78, 5) is 23.1. The van der Waals surface area contributed by atoms with Gasteiger partial charge in [0.25, 0.3) is 0 Å². The second-order valence-electron chi connectivity index (χ2n) is 8.29. The molecule has 0 amide bonds. The molecule has 3 heterocycles. The first-order chi connectivity index (χ1) is 17.3. The first-order valence-corrected chi connectivity index (χ1v) is 11.4. The maximum Gasteiger partial charge on any atom is 0.182 e. The molecular weight excluding hydrogens is 430 g/mol. The van der Waals surface area contributed by atoms with E-state index in [1.807, 2.05) is 36.4 Å². The van der Waals surface area contributed by atoms with E-state index in [9.17, 15) is 0 Å². The van der Waals surface area contributed by atoms with Crippen LogP contribution in [-0.4, -0.2) is 24.9 Å².